The van der Waals surface area contributed by atoms with Crippen LogP contribution in [0.4, 0.5) is 26.3 Å². The second-order valence-electron chi connectivity index (χ2n) is 10.7. The summed E-state index contributed by atoms with van der Waals surface area (Å²) in [5, 5.41) is 11.4. The molecule has 3 aromatic carbocycles. The van der Waals surface area contributed by atoms with Crippen LogP contribution < -0.4 is 5.32 Å². The number of carboxylic acid groups (broad SMARTS) is 1. The van der Waals surface area contributed by atoms with Crippen LogP contribution in [0.25, 0.3) is 10.9 Å². The third-order valence-corrected chi connectivity index (χ3v) is 7.43. The van der Waals surface area contributed by atoms with Crippen molar-refractivity contribution in [2.75, 3.05) is 6.54 Å². The number of benzene rings is 3. The Labute approximate surface area is 254 Å². The number of hydrogen-bond acceptors (Lipinski definition) is 3. The average Bonchev–Trinajstić information content (AvgIpc) is 3.33. The Kier molecular flexibility index (Phi) is 10.0. The standard InChI is InChI=1S/C33H30F6N2O4/c1-2-3-23(16-20-4-8-22(9-5-20)31(45)40-15-14-29(42)43)30(44)28-18-24-17-26(33(37,38)39)12-13-27(24)41(28)19-21-6-10-25(11-7-21)32(34,35)36/h4-13,17-18,23H,2-3,14-16,19H2,1H3,(H,40,45)(H,42,43). The predicted octanol–water partition coefficient (Wildman–Crippen LogP) is 7.77. The molecule has 0 aliphatic carbocycles. The number of nitrogens with zero attached hydrogens (tertiary/aromatic N) is 1. The van der Waals surface area contributed by atoms with Crippen molar-refractivity contribution in [3.63, 3.8) is 0 Å². The maximum atomic E-state index is 14.0. The number of alkyl halides is 6. The van der Waals surface area contributed by atoms with Crippen LogP contribution in [0.1, 0.15) is 69.3 Å². The number of hydrogen-bond donors (Lipinski definition) is 2. The lowest BCUT2D eigenvalue weighted by Crippen LogP contribution is -2.26. The van der Waals surface area contributed by atoms with Crippen molar-refractivity contribution >= 4 is 28.6 Å². The zero-order chi connectivity index (χ0) is 32.9. The van der Waals surface area contributed by atoms with Crippen LogP contribution in [0.5, 0.6) is 0 Å². The minimum absolute atomic E-state index is 0.0338. The van der Waals surface area contributed by atoms with Crippen LogP contribution >= 0.6 is 0 Å². The second kappa shape index (κ2) is 13.6. The first-order chi connectivity index (χ1) is 21.2. The number of nitrogens with one attached hydrogen (secondary N) is 1. The van der Waals surface area contributed by atoms with Crippen LogP contribution in [-0.4, -0.2) is 33.9 Å². The summed E-state index contributed by atoms with van der Waals surface area (Å²) in [7, 11) is 0. The SMILES string of the molecule is CCCC(Cc1ccc(C(=O)NCCC(=O)O)cc1)C(=O)c1cc2cc(C(F)(F)F)ccc2n1Cc1ccc(C(F)(F)F)cc1. The highest BCUT2D eigenvalue weighted by Gasteiger charge is 2.32. The van der Waals surface area contributed by atoms with Gasteiger partial charge in [0.2, 0.25) is 0 Å². The summed E-state index contributed by atoms with van der Waals surface area (Å²) in [6.07, 6.45) is -8.04. The van der Waals surface area contributed by atoms with Gasteiger partial charge in [0, 0.05) is 35.5 Å². The largest absolute Gasteiger partial charge is 0.481 e. The molecule has 0 saturated carbocycles. The van der Waals surface area contributed by atoms with E-state index in [2.05, 4.69) is 5.32 Å². The molecule has 12 heteroatoms. The van der Waals surface area contributed by atoms with Crippen LogP contribution in [0.15, 0.2) is 72.8 Å². The highest BCUT2D eigenvalue weighted by molar-refractivity contribution is 6.02. The lowest BCUT2D eigenvalue weighted by atomic mass is 9.89. The molecule has 0 radical (unpaired) electrons. The van der Waals surface area contributed by atoms with Crippen molar-refractivity contribution in [1.82, 2.24) is 9.88 Å². The highest BCUT2D eigenvalue weighted by Crippen LogP contribution is 2.34. The predicted molar refractivity (Wildman–Crippen MR) is 155 cm³/mol. The number of carbonyl (C=O) groups excluding carboxylic acids is 2. The normalized spacial score (nSPS) is 12.7. The number of rotatable bonds is 12. The number of amides is 1. The van der Waals surface area contributed by atoms with Gasteiger partial charge in [0.15, 0.2) is 5.78 Å². The van der Waals surface area contributed by atoms with Crippen molar-refractivity contribution in [1.29, 1.82) is 0 Å². The molecule has 4 aromatic rings. The Morgan fingerprint density at radius 1 is 0.822 bits per heavy atom. The molecule has 4 rings (SSSR count). The Morgan fingerprint density at radius 2 is 1.42 bits per heavy atom. The number of halogens is 6. The van der Waals surface area contributed by atoms with E-state index in [1.165, 1.54) is 28.8 Å². The van der Waals surface area contributed by atoms with E-state index in [9.17, 15) is 40.7 Å². The summed E-state index contributed by atoms with van der Waals surface area (Å²) < 4.78 is 81.3. The van der Waals surface area contributed by atoms with Gasteiger partial charge < -0.3 is 15.0 Å². The Bertz CT molecular complexity index is 1670. The van der Waals surface area contributed by atoms with Crippen molar-refractivity contribution in [2.45, 2.75) is 51.5 Å². The molecule has 1 aromatic heterocycles. The van der Waals surface area contributed by atoms with Crippen molar-refractivity contribution in [2.24, 2.45) is 5.92 Å². The monoisotopic (exact) mass is 632 g/mol. The molecule has 0 fully saturated rings. The molecule has 238 valence electrons. The van der Waals surface area contributed by atoms with Crippen LogP contribution in [0.3, 0.4) is 0 Å². The van der Waals surface area contributed by atoms with Gasteiger partial charge in [-0.15, -0.1) is 0 Å². The average molecular weight is 633 g/mol. The molecule has 0 aliphatic rings. The molecule has 1 amide bonds. The van der Waals surface area contributed by atoms with Gasteiger partial charge in [-0.1, -0.05) is 37.6 Å². The summed E-state index contributed by atoms with van der Waals surface area (Å²) in [6.45, 7) is 1.81. The van der Waals surface area contributed by atoms with Crippen LogP contribution in [-0.2, 0) is 30.1 Å². The Hall–Kier alpha value is -4.61. The first-order valence-corrected chi connectivity index (χ1v) is 14.2. The lowest BCUT2D eigenvalue weighted by Gasteiger charge is -2.18. The van der Waals surface area contributed by atoms with Gasteiger partial charge in [-0.05, 0) is 72.5 Å². The number of Topliss-reactive ketones (excluding diaryl/α,β-unsaturated/α-hetero) is 1. The van der Waals surface area contributed by atoms with E-state index in [-0.39, 0.29) is 42.8 Å². The van der Waals surface area contributed by atoms with Gasteiger partial charge in [0.1, 0.15) is 0 Å². The molecule has 1 heterocycles. The zero-order valence-electron chi connectivity index (χ0n) is 24.1. The molecular formula is C33H30F6N2O4. The van der Waals surface area contributed by atoms with E-state index in [1.54, 1.807) is 24.3 Å². The van der Waals surface area contributed by atoms with Gasteiger partial charge in [0.05, 0.1) is 23.2 Å². The third-order valence-electron chi connectivity index (χ3n) is 7.43. The maximum Gasteiger partial charge on any atom is 0.416 e. The fourth-order valence-corrected chi connectivity index (χ4v) is 5.15. The molecule has 0 saturated heterocycles. The molecule has 1 atom stereocenters. The van der Waals surface area contributed by atoms with E-state index < -0.39 is 41.3 Å². The van der Waals surface area contributed by atoms with E-state index >= 15 is 0 Å². The highest BCUT2D eigenvalue weighted by atomic mass is 19.4. The minimum Gasteiger partial charge on any atom is -0.481 e. The molecule has 0 bridgehead atoms. The van der Waals surface area contributed by atoms with Crippen molar-refractivity contribution < 1.29 is 45.8 Å². The number of ketones is 1. The molecule has 2 N–H and O–H groups in total. The first-order valence-electron chi connectivity index (χ1n) is 14.2. The molecular weight excluding hydrogens is 602 g/mol. The summed E-state index contributed by atoms with van der Waals surface area (Å²) in [5.74, 6) is -2.40. The molecule has 45 heavy (non-hydrogen) atoms. The summed E-state index contributed by atoms with van der Waals surface area (Å²) in [5.41, 5.74) is 0.197. The number of carboxylic acids is 1. The fraction of sp³-hybridized carbons (Fsp3) is 0.303. The van der Waals surface area contributed by atoms with Gasteiger partial charge in [0.25, 0.3) is 5.91 Å². The summed E-state index contributed by atoms with van der Waals surface area (Å²) in [4.78, 5) is 37.0. The maximum absolute atomic E-state index is 14.0. The van der Waals surface area contributed by atoms with Crippen molar-refractivity contribution in [3.8, 4) is 0 Å². The van der Waals surface area contributed by atoms with Crippen LogP contribution in [0.2, 0.25) is 0 Å². The first kappa shape index (κ1) is 33.3. The van der Waals surface area contributed by atoms with E-state index in [0.717, 1.165) is 29.8 Å². The van der Waals surface area contributed by atoms with Crippen LogP contribution in [0, 0.1) is 5.92 Å². The number of aromatic nitrogens is 1. The molecule has 0 aliphatic heterocycles. The Morgan fingerprint density at radius 3 is 2.00 bits per heavy atom. The van der Waals surface area contributed by atoms with Crippen molar-refractivity contribution in [3.05, 3.63) is 106 Å². The van der Waals surface area contributed by atoms with Gasteiger partial charge in [-0.3, -0.25) is 14.4 Å². The lowest BCUT2D eigenvalue weighted by molar-refractivity contribution is -0.138. The smallest absolute Gasteiger partial charge is 0.416 e. The van der Waals surface area contributed by atoms with E-state index in [4.69, 9.17) is 5.11 Å². The quantitative estimate of drug-likeness (QED) is 0.123. The number of fused-ring (bicyclic) bond motifs is 1. The van der Waals surface area contributed by atoms with Gasteiger partial charge in [-0.2, -0.15) is 26.3 Å². The third kappa shape index (κ3) is 8.31. The number of aliphatic carboxylic acids is 1. The van der Waals surface area contributed by atoms with Gasteiger partial charge in [-0.25, -0.2) is 0 Å². The fourth-order valence-electron chi connectivity index (χ4n) is 5.15. The summed E-state index contributed by atoms with van der Waals surface area (Å²) >= 11 is 0. The minimum atomic E-state index is -4.61. The van der Waals surface area contributed by atoms with E-state index in [1.807, 2.05) is 6.92 Å². The molecule has 6 nitrogen and oxygen atoms in total. The molecule has 0 spiro atoms. The summed E-state index contributed by atoms with van der Waals surface area (Å²) in [6, 6.07) is 15.3. The number of carbonyl (C=O) groups is 3. The van der Waals surface area contributed by atoms with Gasteiger partial charge >= 0.3 is 18.3 Å². The Balaban J connectivity index is 1.65. The zero-order valence-corrected chi connectivity index (χ0v) is 24.1. The molecule has 1 unspecified atom stereocenters. The van der Waals surface area contributed by atoms with E-state index in [0.29, 0.717) is 29.5 Å². The topological polar surface area (TPSA) is 88.4 Å². The second-order valence-corrected chi connectivity index (χ2v) is 10.7.